The number of aromatic amines is 1. The van der Waals surface area contributed by atoms with E-state index in [9.17, 15) is 4.79 Å². The molecule has 93 valence electrons. The molecule has 2 aromatic rings. The van der Waals surface area contributed by atoms with Gasteiger partial charge in [-0.3, -0.25) is 4.79 Å². The monoisotopic (exact) mass is 258 g/mol. The molecule has 3 nitrogen and oxygen atoms in total. The summed E-state index contributed by atoms with van der Waals surface area (Å²) in [7, 11) is 3.31. The zero-order valence-corrected chi connectivity index (χ0v) is 11.4. The Hall–Kier alpha value is -1.55. The number of benzene rings is 1. The first-order chi connectivity index (χ1) is 8.67. The van der Waals surface area contributed by atoms with Crippen LogP contribution in [0.2, 0.25) is 6.04 Å². The minimum absolute atomic E-state index is 0.383. The van der Waals surface area contributed by atoms with Crippen LogP contribution in [0.3, 0.4) is 0 Å². The molecule has 0 bridgehead atoms. The van der Waals surface area contributed by atoms with Crippen molar-refractivity contribution in [1.29, 1.82) is 0 Å². The topological polar surface area (TPSA) is 53.1 Å². The van der Waals surface area contributed by atoms with E-state index in [0.29, 0.717) is 12.5 Å². The standard InChI is InChI=1S/C14H16NO2Si/c1-2-9-4-3-5-12-10(7-15-13(9)12)6-11(8-18)14(16)17/h3-5,7,11,15H,2,6,8H2,1H3,(H,16,17)/t11-/m1/s1. The molecule has 2 N–H and O–H groups in total. The van der Waals surface area contributed by atoms with Gasteiger partial charge in [0, 0.05) is 27.3 Å². The van der Waals surface area contributed by atoms with Crippen molar-refractivity contribution in [3.05, 3.63) is 35.5 Å². The van der Waals surface area contributed by atoms with Crippen molar-refractivity contribution >= 4 is 27.1 Å². The SMILES string of the molecule is CCc1cccc2c(C[C@H](C[Si])C(=O)O)c[nH]c12. The van der Waals surface area contributed by atoms with Crippen molar-refractivity contribution in [3.63, 3.8) is 0 Å². The van der Waals surface area contributed by atoms with Gasteiger partial charge in [-0.05, 0) is 24.0 Å². The van der Waals surface area contributed by atoms with Crippen LogP contribution in [0.5, 0.6) is 0 Å². The van der Waals surface area contributed by atoms with Crippen molar-refractivity contribution in [2.45, 2.75) is 25.8 Å². The lowest BCUT2D eigenvalue weighted by Gasteiger charge is -2.08. The molecule has 1 aromatic heterocycles. The number of carboxylic acid groups (broad SMARTS) is 1. The maximum Gasteiger partial charge on any atom is 0.306 e. The Bertz CT molecular complexity index is 562. The number of para-hydroxylation sites is 1. The van der Waals surface area contributed by atoms with Crippen molar-refractivity contribution < 1.29 is 9.90 Å². The summed E-state index contributed by atoms with van der Waals surface area (Å²) in [6.07, 6.45) is 3.45. The minimum Gasteiger partial charge on any atom is -0.481 e. The summed E-state index contributed by atoms with van der Waals surface area (Å²) in [6, 6.07) is 6.64. The second-order valence-corrected chi connectivity index (χ2v) is 4.86. The largest absolute Gasteiger partial charge is 0.481 e. The van der Waals surface area contributed by atoms with Crippen LogP contribution in [0.25, 0.3) is 10.9 Å². The minimum atomic E-state index is -0.758. The Morgan fingerprint density at radius 3 is 2.83 bits per heavy atom. The number of carbonyl (C=O) groups is 1. The molecule has 1 atom stereocenters. The summed E-state index contributed by atoms with van der Waals surface area (Å²) in [5, 5.41) is 10.2. The van der Waals surface area contributed by atoms with E-state index in [1.165, 1.54) is 5.56 Å². The smallest absolute Gasteiger partial charge is 0.306 e. The molecular formula is C14H16NO2Si. The number of aromatic nitrogens is 1. The quantitative estimate of drug-likeness (QED) is 0.810. The number of fused-ring (bicyclic) bond motifs is 1. The van der Waals surface area contributed by atoms with E-state index in [-0.39, 0.29) is 5.92 Å². The molecule has 0 aliphatic heterocycles. The third-order valence-corrected chi connectivity index (χ3v) is 3.82. The third kappa shape index (κ3) is 2.34. The van der Waals surface area contributed by atoms with Crippen LogP contribution in [0.4, 0.5) is 0 Å². The van der Waals surface area contributed by atoms with E-state index in [4.69, 9.17) is 5.11 Å². The van der Waals surface area contributed by atoms with Crippen LogP contribution in [-0.2, 0) is 17.6 Å². The summed E-state index contributed by atoms with van der Waals surface area (Å²) in [5.41, 5.74) is 3.48. The zero-order chi connectivity index (χ0) is 13.1. The van der Waals surface area contributed by atoms with Gasteiger partial charge in [0.2, 0.25) is 0 Å². The number of aryl methyl sites for hydroxylation is 1. The van der Waals surface area contributed by atoms with Gasteiger partial charge in [0.1, 0.15) is 0 Å². The summed E-state index contributed by atoms with van der Waals surface area (Å²) >= 11 is 0. The first kappa shape index (κ1) is 12.9. The second-order valence-electron chi connectivity index (χ2n) is 4.45. The van der Waals surface area contributed by atoms with Gasteiger partial charge in [-0.2, -0.15) is 0 Å². The number of nitrogens with one attached hydrogen (secondary N) is 1. The molecule has 1 heterocycles. The Labute approximate surface area is 110 Å². The summed E-state index contributed by atoms with van der Waals surface area (Å²) in [5.74, 6) is -1.14. The molecule has 18 heavy (non-hydrogen) atoms. The highest BCUT2D eigenvalue weighted by atomic mass is 28.1. The van der Waals surface area contributed by atoms with Gasteiger partial charge in [0.25, 0.3) is 0 Å². The van der Waals surface area contributed by atoms with Gasteiger partial charge < -0.3 is 10.1 Å². The number of hydrogen-bond acceptors (Lipinski definition) is 1. The predicted molar refractivity (Wildman–Crippen MR) is 73.1 cm³/mol. The third-order valence-electron chi connectivity index (χ3n) is 3.33. The molecule has 0 aliphatic carbocycles. The van der Waals surface area contributed by atoms with Crippen molar-refractivity contribution in [3.8, 4) is 0 Å². The Balaban J connectivity index is 2.38. The van der Waals surface area contributed by atoms with Crippen molar-refractivity contribution in [1.82, 2.24) is 4.98 Å². The van der Waals surface area contributed by atoms with Crippen LogP contribution in [0.15, 0.2) is 24.4 Å². The molecule has 0 saturated carbocycles. The highest BCUT2D eigenvalue weighted by Gasteiger charge is 2.17. The molecule has 0 saturated heterocycles. The van der Waals surface area contributed by atoms with Crippen molar-refractivity contribution in [2.75, 3.05) is 0 Å². The molecule has 4 heteroatoms. The fraction of sp³-hybridized carbons (Fsp3) is 0.357. The van der Waals surface area contributed by atoms with Gasteiger partial charge in [-0.15, -0.1) is 0 Å². The van der Waals surface area contributed by atoms with Crippen molar-refractivity contribution in [2.24, 2.45) is 5.92 Å². The molecule has 1 aromatic carbocycles. The Kier molecular flexibility index (Phi) is 3.86. The van der Waals surface area contributed by atoms with E-state index >= 15 is 0 Å². The van der Waals surface area contributed by atoms with Crippen LogP contribution < -0.4 is 0 Å². The highest BCUT2D eigenvalue weighted by molar-refractivity contribution is 6.10. The second kappa shape index (κ2) is 5.39. The predicted octanol–water partition coefficient (Wildman–Crippen LogP) is 2.56. The first-order valence-corrected chi connectivity index (χ1v) is 6.83. The number of carboxylic acids is 1. The van der Waals surface area contributed by atoms with Crippen LogP contribution in [-0.4, -0.2) is 26.3 Å². The van der Waals surface area contributed by atoms with Gasteiger partial charge >= 0.3 is 5.97 Å². The first-order valence-electron chi connectivity index (χ1n) is 6.12. The molecular weight excluding hydrogens is 242 g/mol. The van der Waals surface area contributed by atoms with E-state index < -0.39 is 5.97 Å². The van der Waals surface area contributed by atoms with Gasteiger partial charge in [-0.25, -0.2) is 0 Å². The van der Waals surface area contributed by atoms with E-state index in [0.717, 1.165) is 22.9 Å². The van der Waals surface area contributed by atoms with Gasteiger partial charge in [-0.1, -0.05) is 31.2 Å². The summed E-state index contributed by atoms with van der Waals surface area (Å²) in [6.45, 7) is 2.12. The molecule has 2 rings (SSSR count). The molecule has 0 aliphatic rings. The average Bonchev–Trinajstić information content (AvgIpc) is 2.78. The van der Waals surface area contributed by atoms with E-state index in [2.05, 4.69) is 28.2 Å². The van der Waals surface area contributed by atoms with Gasteiger partial charge in [0.15, 0.2) is 0 Å². The number of hydrogen-bond donors (Lipinski definition) is 2. The maximum atomic E-state index is 11.1. The lowest BCUT2D eigenvalue weighted by molar-refractivity contribution is -0.141. The fourth-order valence-electron chi connectivity index (χ4n) is 2.25. The van der Waals surface area contributed by atoms with E-state index in [1.54, 1.807) is 0 Å². The molecule has 0 unspecified atom stereocenters. The molecule has 0 amide bonds. The van der Waals surface area contributed by atoms with E-state index in [1.807, 2.05) is 18.3 Å². The van der Waals surface area contributed by atoms with Gasteiger partial charge in [0.05, 0.1) is 5.92 Å². The van der Waals surface area contributed by atoms with Crippen LogP contribution >= 0.6 is 0 Å². The lowest BCUT2D eigenvalue weighted by Crippen LogP contribution is -2.15. The molecule has 0 spiro atoms. The summed E-state index contributed by atoms with van der Waals surface area (Å²) < 4.78 is 0. The molecule has 3 radical (unpaired) electrons. The average molecular weight is 258 g/mol. The highest BCUT2D eigenvalue weighted by Crippen LogP contribution is 2.25. The Morgan fingerprint density at radius 2 is 2.22 bits per heavy atom. The zero-order valence-electron chi connectivity index (χ0n) is 10.4. The summed E-state index contributed by atoms with van der Waals surface area (Å²) in [4.78, 5) is 14.3. The maximum absolute atomic E-state index is 11.1. The normalized spacial score (nSPS) is 12.8. The lowest BCUT2D eigenvalue weighted by atomic mass is 9.99. The van der Waals surface area contributed by atoms with Crippen LogP contribution in [0, 0.1) is 5.92 Å². The Morgan fingerprint density at radius 1 is 1.44 bits per heavy atom. The fourth-order valence-corrected chi connectivity index (χ4v) is 2.57. The number of H-pyrrole nitrogens is 1. The number of aliphatic carboxylic acids is 1. The van der Waals surface area contributed by atoms with Crippen LogP contribution in [0.1, 0.15) is 18.1 Å². The number of rotatable bonds is 5. The molecule has 0 fully saturated rings.